The molecule has 0 fully saturated rings. The highest BCUT2D eigenvalue weighted by Crippen LogP contribution is 1.96. The van der Waals surface area contributed by atoms with Gasteiger partial charge in [-0.3, -0.25) is 0 Å². The summed E-state index contributed by atoms with van der Waals surface area (Å²) in [6, 6.07) is 0. The van der Waals surface area contributed by atoms with Crippen molar-refractivity contribution in [2.24, 2.45) is 10.9 Å². The predicted molar refractivity (Wildman–Crippen MR) is 43.7 cm³/mol. The molecule has 62 valence electrons. The van der Waals surface area contributed by atoms with Crippen LogP contribution >= 0.6 is 0 Å². The number of hydrogen-bond donors (Lipinski definition) is 1. The van der Waals surface area contributed by atoms with Crippen molar-refractivity contribution in [1.82, 2.24) is 5.12 Å². The summed E-state index contributed by atoms with van der Waals surface area (Å²) in [5, 5.41) is 5.29. The van der Waals surface area contributed by atoms with Gasteiger partial charge in [0.25, 0.3) is 0 Å². The number of hydrogen-bond acceptors (Lipinski definition) is 4. The molecule has 4 nitrogen and oxygen atoms in total. The van der Waals surface area contributed by atoms with Gasteiger partial charge in [-0.15, -0.1) is 5.10 Å². The van der Waals surface area contributed by atoms with Gasteiger partial charge in [0.15, 0.2) is 0 Å². The van der Waals surface area contributed by atoms with Crippen LogP contribution in [0.3, 0.4) is 0 Å². The first-order valence-electron chi connectivity index (χ1n) is 3.73. The van der Waals surface area contributed by atoms with Crippen molar-refractivity contribution < 1.29 is 4.74 Å². The minimum absolute atomic E-state index is 0.598. The van der Waals surface area contributed by atoms with Crippen LogP contribution in [0.5, 0.6) is 0 Å². The number of nitrogens with two attached hydrogens (primary N) is 1. The van der Waals surface area contributed by atoms with Crippen LogP contribution in [0.1, 0.15) is 13.3 Å². The van der Waals surface area contributed by atoms with E-state index in [1.807, 2.05) is 19.1 Å². The van der Waals surface area contributed by atoms with Crippen molar-refractivity contribution >= 4 is 5.90 Å². The minimum atomic E-state index is 0.598. The summed E-state index contributed by atoms with van der Waals surface area (Å²) in [7, 11) is 0. The second kappa shape index (κ2) is 3.98. The van der Waals surface area contributed by atoms with E-state index in [1.165, 1.54) is 5.12 Å². The van der Waals surface area contributed by atoms with Crippen molar-refractivity contribution in [2.75, 3.05) is 13.2 Å². The quantitative estimate of drug-likeness (QED) is 0.590. The molecule has 1 aliphatic heterocycles. The average molecular weight is 155 g/mol. The molecule has 0 aliphatic carbocycles. The monoisotopic (exact) mass is 155 g/mol. The van der Waals surface area contributed by atoms with Gasteiger partial charge in [0.1, 0.15) is 0 Å². The average Bonchev–Trinajstić information content (AvgIpc) is 2.01. The van der Waals surface area contributed by atoms with Crippen molar-refractivity contribution in [3.8, 4) is 0 Å². The Balaban J connectivity index is 2.37. The molecular weight excluding hydrogens is 142 g/mol. The molecule has 0 unspecified atom stereocenters. The number of hydrazine groups is 1. The standard InChI is InChI=1S/C7H13N3O/c1-2-6-11-7-4-3-5-10(8)9-7/h3-4H,2,5-6,8H2,1H3. The zero-order valence-electron chi connectivity index (χ0n) is 6.66. The Bertz CT molecular complexity index is 177. The fourth-order valence-electron chi connectivity index (χ4n) is 0.746. The first-order chi connectivity index (χ1) is 5.33. The lowest BCUT2D eigenvalue weighted by atomic mass is 10.4. The third-order valence-corrected chi connectivity index (χ3v) is 1.23. The summed E-state index contributed by atoms with van der Waals surface area (Å²) in [5.41, 5.74) is 0. The van der Waals surface area contributed by atoms with E-state index in [-0.39, 0.29) is 0 Å². The molecule has 1 aliphatic rings. The second-order valence-corrected chi connectivity index (χ2v) is 2.31. The molecule has 2 N–H and O–H groups in total. The molecule has 1 heterocycles. The lowest BCUT2D eigenvalue weighted by Crippen LogP contribution is -2.29. The van der Waals surface area contributed by atoms with E-state index in [2.05, 4.69) is 5.10 Å². The van der Waals surface area contributed by atoms with Crippen molar-refractivity contribution in [3.63, 3.8) is 0 Å². The molecule has 0 aromatic rings. The molecule has 1 rings (SSSR count). The molecule has 0 aromatic heterocycles. The first-order valence-corrected chi connectivity index (χ1v) is 3.73. The first kappa shape index (κ1) is 8.07. The molecule has 0 spiro atoms. The second-order valence-electron chi connectivity index (χ2n) is 2.31. The van der Waals surface area contributed by atoms with Crippen LogP contribution in [0, 0.1) is 0 Å². The fourth-order valence-corrected chi connectivity index (χ4v) is 0.746. The summed E-state index contributed by atoms with van der Waals surface area (Å²) >= 11 is 0. The van der Waals surface area contributed by atoms with Crippen LogP contribution in [0.25, 0.3) is 0 Å². The van der Waals surface area contributed by atoms with Crippen LogP contribution in [-0.4, -0.2) is 24.2 Å². The lowest BCUT2D eigenvalue weighted by Gasteiger charge is -2.15. The summed E-state index contributed by atoms with van der Waals surface area (Å²) in [6.45, 7) is 3.39. The molecule has 0 saturated carbocycles. The Morgan fingerprint density at radius 2 is 2.64 bits per heavy atom. The van der Waals surface area contributed by atoms with Gasteiger partial charge in [-0.25, -0.2) is 11.0 Å². The van der Waals surface area contributed by atoms with Crippen LogP contribution in [0.4, 0.5) is 0 Å². The zero-order valence-corrected chi connectivity index (χ0v) is 6.66. The topological polar surface area (TPSA) is 50.8 Å². The Morgan fingerprint density at radius 3 is 3.27 bits per heavy atom. The Hall–Kier alpha value is -1.03. The molecule has 0 atom stereocenters. The van der Waals surface area contributed by atoms with Gasteiger partial charge in [0.2, 0.25) is 5.90 Å². The van der Waals surface area contributed by atoms with Crippen LogP contribution in [0.2, 0.25) is 0 Å². The molecule has 0 saturated heterocycles. The maximum atomic E-state index is 5.41. The summed E-state index contributed by atoms with van der Waals surface area (Å²) < 4.78 is 5.24. The highest BCUT2D eigenvalue weighted by Gasteiger charge is 2.02. The highest BCUT2D eigenvalue weighted by atomic mass is 16.5. The van der Waals surface area contributed by atoms with Gasteiger partial charge < -0.3 is 4.74 Å². The van der Waals surface area contributed by atoms with Crippen molar-refractivity contribution in [1.29, 1.82) is 0 Å². The largest absolute Gasteiger partial charge is 0.477 e. The van der Waals surface area contributed by atoms with Gasteiger partial charge in [0, 0.05) is 0 Å². The summed E-state index contributed by atoms with van der Waals surface area (Å²) in [4.78, 5) is 0. The number of hydrazone groups is 1. The molecule has 4 heteroatoms. The van der Waals surface area contributed by atoms with Gasteiger partial charge in [-0.2, -0.15) is 0 Å². The molecule has 11 heavy (non-hydrogen) atoms. The Labute approximate surface area is 66.3 Å². The summed E-state index contributed by atoms with van der Waals surface area (Å²) in [5.74, 6) is 6.01. The molecular formula is C7H13N3O. The third-order valence-electron chi connectivity index (χ3n) is 1.23. The van der Waals surface area contributed by atoms with E-state index in [1.54, 1.807) is 0 Å². The fraction of sp³-hybridized carbons (Fsp3) is 0.571. The van der Waals surface area contributed by atoms with Crippen LogP contribution in [0.15, 0.2) is 17.3 Å². The Kier molecular flexibility index (Phi) is 2.92. The predicted octanol–water partition coefficient (Wildman–Crippen LogP) is 0.472. The van der Waals surface area contributed by atoms with Gasteiger partial charge >= 0.3 is 0 Å². The summed E-state index contributed by atoms with van der Waals surface area (Å²) in [6.07, 6.45) is 4.73. The van der Waals surface area contributed by atoms with E-state index >= 15 is 0 Å². The Morgan fingerprint density at radius 1 is 1.82 bits per heavy atom. The zero-order chi connectivity index (χ0) is 8.10. The maximum absolute atomic E-state index is 5.41. The minimum Gasteiger partial charge on any atom is -0.477 e. The van der Waals surface area contributed by atoms with E-state index < -0.39 is 0 Å². The molecule has 0 radical (unpaired) electrons. The van der Waals surface area contributed by atoms with Crippen LogP contribution in [-0.2, 0) is 4.74 Å². The van der Waals surface area contributed by atoms with Gasteiger partial charge in [-0.05, 0) is 12.5 Å². The third kappa shape index (κ3) is 2.59. The van der Waals surface area contributed by atoms with Crippen molar-refractivity contribution in [3.05, 3.63) is 12.2 Å². The van der Waals surface area contributed by atoms with E-state index in [0.29, 0.717) is 19.0 Å². The van der Waals surface area contributed by atoms with E-state index in [9.17, 15) is 0 Å². The molecule has 0 bridgehead atoms. The van der Waals surface area contributed by atoms with Crippen LogP contribution < -0.4 is 5.84 Å². The van der Waals surface area contributed by atoms with Gasteiger partial charge in [0.05, 0.1) is 13.2 Å². The van der Waals surface area contributed by atoms with Gasteiger partial charge in [-0.1, -0.05) is 13.0 Å². The number of ether oxygens (including phenoxy) is 1. The smallest absolute Gasteiger partial charge is 0.232 e. The maximum Gasteiger partial charge on any atom is 0.232 e. The number of rotatable bonds is 2. The van der Waals surface area contributed by atoms with Crippen molar-refractivity contribution in [2.45, 2.75) is 13.3 Å². The highest BCUT2D eigenvalue weighted by molar-refractivity contribution is 5.87. The molecule has 0 amide bonds. The lowest BCUT2D eigenvalue weighted by molar-refractivity contribution is 0.266. The normalized spacial score (nSPS) is 16.5. The van der Waals surface area contributed by atoms with E-state index in [0.717, 1.165) is 6.42 Å². The van der Waals surface area contributed by atoms with E-state index in [4.69, 9.17) is 10.6 Å². The number of nitrogens with zero attached hydrogens (tertiary/aromatic N) is 2. The SMILES string of the molecule is CCCOC1=NN(N)CC=C1. The molecule has 0 aromatic carbocycles.